The minimum absolute atomic E-state index is 0.0321. The number of ketones is 1. The number of carbonyl (C=O) groups excluding carboxylic acids is 1. The lowest BCUT2D eigenvalue weighted by molar-refractivity contribution is 0.0767. The summed E-state index contributed by atoms with van der Waals surface area (Å²) in [5, 5.41) is -0.456. The maximum Gasteiger partial charge on any atom is 0.330 e. The summed E-state index contributed by atoms with van der Waals surface area (Å²) in [5.41, 5.74) is 4.02. The first kappa shape index (κ1) is 21.1. The summed E-state index contributed by atoms with van der Waals surface area (Å²) in [6.45, 7) is 7.87. The Morgan fingerprint density at radius 1 is 0.759 bits per heavy atom. The predicted octanol–water partition coefficient (Wildman–Crippen LogP) is 4.99. The molecular formula is C25H25B2O2. The van der Waals surface area contributed by atoms with Gasteiger partial charge in [0.1, 0.15) is 0 Å². The molecule has 0 N–H and O–H groups in total. The minimum Gasteiger partial charge on any atom is -0.430 e. The van der Waals surface area contributed by atoms with Crippen LogP contribution >= 0.6 is 0 Å². The van der Waals surface area contributed by atoms with E-state index in [4.69, 9.17) is 12.5 Å². The molecular weight excluding hydrogens is 354 g/mol. The van der Waals surface area contributed by atoms with Crippen LogP contribution in [0.2, 0.25) is 5.31 Å². The number of hydrogen-bond acceptors (Lipinski definition) is 2. The Labute approximate surface area is 176 Å². The van der Waals surface area contributed by atoms with Crippen LogP contribution < -0.4 is 5.46 Å². The Morgan fingerprint density at radius 2 is 1.24 bits per heavy atom. The van der Waals surface area contributed by atoms with Crippen molar-refractivity contribution >= 4 is 26.6 Å². The van der Waals surface area contributed by atoms with Crippen LogP contribution in [-0.4, -0.2) is 26.7 Å². The third-order valence-corrected chi connectivity index (χ3v) is 5.47. The first-order chi connectivity index (χ1) is 13.7. The number of rotatable bonds is 7. The fourth-order valence-electron chi connectivity index (χ4n) is 2.69. The molecule has 2 nitrogen and oxygen atoms in total. The predicted molar refractivity (Wildman–Crippen MR) is 122 cm³/mol. The van der Waals surface area contributed by atoms with Crippen molar-refractivity contribution in [2.45, 2.75) is 38.6 Å². The maximum absolute atomic E-state index is 12.5. The topological polar surface area (TPSA) is 26.3 Å². The van der Waals surface area contributed by atoms with Gasteiger partial charge >= 0.3 is 7.48 Å². The van der Waals surface area contributed by atoms with Gasteiger partial charge in [0, 0.05) is 16.7 Å². The highest BCUT2D eigenvalue weighted by Crippen LogP contribution is 2.36. The molecule has 0 spiro atoms. The second kappa shape index (κ2) is 8.42. The number of hydrogen-bond donors (Lipinski definition) is 0. The van der Waals surface area contributed by atoms with Crippen LogP contribution in [-0.2, 0) is 4.65 Å². The molecule has 0 aliphatic rings. The second-order valence-electron chi connectivity index (χ2n) is 8.36. The van der Waals surface area contributed by atoms with Crippen molar-refractivity contribution in [3.8, 4) is 11.1 Å². The zero-order valence-electron chi connectivity index (χ0n) is 17.5. The Balaban J connectivity index is 1.68. The summed E-state index contributed by atoms with van der Waals surface area (Å²) in [6.07, 6.45) is 0. The highest BCUT2D eigenvalue weighted by atomic mass is 16.5. The Bertz CT molecular complexity index is 954. The summed E-state index contributed by atoms with van der Waals surface area (Å²) in [5.74, 6) is 0.0321. The molecule has 0 saturated heterocycles. The van der Waals surface area contributed by atoms with Crippen LogP contribution in [0.25, 0.3) is 11.1 Å². The van der Waals surface area contributed by atoms with Crippen LogP contribution in [0.4, 0.5) is 0 Å². The van der Waals surface area contributed by atoms with Gasteiger partial charge in [0.15, 0.2) is 5.78 Å². The van der Waals surface area contributed by atoms with E-state index in [1.54, 1.807) is 7.48 Å². The Hall–Kier alpha value is -2.58. The Kier molecular flexibility index (Phi) is 6.14. The molecule has 0 atom stereocenters. The van der Waals surface area contributed by atoms with Crippen molar-refractivity contribution in [1.82, 2.24) is 0 Å². The molecule has 0 saturated carbocycles. The highest BCUT2D eigenvalue weighted by molar-refractivity contribution is 6.47. The zero-order chi connectivity index (χ0) is 21.1. The van der Waals surface area contributed by atoms with E-state index < -0.39 is 10.9 Å². The van der Waals surface area contributed by atoms with E-state index in [1.807, 2.05) is 107 Å². The van der Waals surface area contributed by atoms with Gasteiger partial charge in [-0.25, -0.2) is 0 Å². The molecule has 143 valence electrons. The molecule has 0 bridgehead atoms. The number of benzene rings is 3. The first-order valence-corrected chi connectivity index (χ1v) is 9.77. The van der Waals surface area contributed by atoms with Gasteiger partial charge in [-0.2, -0.15) is 0 Å². The van der Waals surface area contributed by atoms with Crippen molar-refractivity contribution < 1.29 is 9.45 Å². The summed E-state index contributed by atoms with van der Waals surface area (Å²) >= 11 is 0. The van der Waals surface area contributed by atoms with Crippen molar-refractivity contribution in [2.75, 3.05) is 0 Å². The van der Waals surface area contributed by atoms with Crippen molar-refractivity contribution in [3.05, 3.63) is 90.0 Å². The van der Waals surface area contributed by atoms with Gasteiger partial charge in [-0.05, 0) is 30.3 Å². The van der Waals surface area contributed by atoms with Gasteiger partial charge in [-0.15, -0.1) is 0 Å². The molecule has 0 aromatic heterocycles. The third-order valence-electron chi connectivity index (χ3n) is 5.47. The fraction of sp³-hybridized carbons (Fsp3) is 0.240. The smallest absolute Gasteiger partial charge is 0.330 e. The van der Waals surface area contributed by atoms with Gasteiger partial charge in [0.25, 0.3) is 0 Å². The van der Waals surface area contributed by atoms with E-state index in [0.29, 0.717) is 11.1 Å². The highest BCUT2D eigenvalue weighted by Gasteiger charge is 2.32. The SMILES string of the molecule is [B]C(C)(C)C(C)(C)O[B]c1ccc(-c2ccc(C(=O)c3ccccc3)cc2)cc1. The van der Waals surface area contributed by atoms with Gasteiger partial charge in [-0.3, -0.25) is 4.79 Å². The number of carbonyl (C=O) groups is 1. The quantitative estimate of drug-likeness (QED) is 0.427. The van der Waals surface area contributed by atoms with Crippen LogP contribution in [0.5, 0.6) is 0 Å². The molecule has 0 fully saturated rings. The summed E-state index contributed by atoms with van der Waals surface area (Å²) in [4.78, 5) is 12.5. The molecule has 0 amide bonds. The lowest BCUT2D eigenvalue weighted by atomic mass is 9.61. The van der Waals surface area contributed by atoms with E-state index in [9.17, 15) is 4.79 Å². The third kappa shape index (κ3) is 5.07. The standard InChI is InChI=1S/C25H25B2O2/c1-24(2,26)25(3,4)29-27-22-16-14-19(15-17-22)18-10-12-21(13-11-18)23(28)20-8-6-5-7-9-20/h5-17H,1-4H3. The van der Waals surface area contributed by atoms with Gasteiger partial charge in [0.05, 0.1) is 7.85 Å². The minimum atomic E-state index is -0.479. The van der Waals surface area contributed by atoms with E-state index in [0.717, 1.165) is 16.6 Å². The normalized spacial score (nSPS) is 11.9. The largest absolute Gasteiger partial charge is 0.430 e. The summed E-state index contributed by atoms with van der Waals surface area (Å²) < 4.78 is 5.92. The average molecular weight is 379 g/mol. The first-order valence-electron chi connectivity index (χ1n) is 9.77. The molecule has 3 rings (SSSR count). The molecule has 0 aliphatic heterocycles. The van der Waals surface area contributed by atoms with Crippen LogP contribution in [0.1, 0.15) is 43.6 Å². The fourth-order valence-corrected chi connectivity index (χ4v) is 2.69. The molecule has 0 unspecified atom stereocenters. The maximum atomic E-state index is 12.5. The lowest BCUT2D eigenvalue weighted by Crippen LogP contribution is -2.40. The van der Waals surface area contributed by atoms with Gasteiger partial charge < -0.3 is 4.65 Å². The summed E-state index contributed by atoms with van der Waals surface area (Å²) in [7, 11) is 7.93. The van der Waals surface area contributed by atoms with E-state index >= 15 is 0 Å². The van der Waals surface area contributed by atoms with E-state index in [2.05, 4.69) is 0 Å². The molecule has 0 aliphatic carbocycles. The molecule has 4 heteroatoms. The average Bonchev–Trinajstić information content (AvgIpc) is 2.72. The second-order valence-corrected chi connectivity index (χ2v) is 8.36. The molecule has 0 heterocycles. The van der Waals surface area contributed by atoms with Crippen LogP contribution in [0, 0.1) is 0 Å². The van der Waals surface area contributed by atoms with Gasteiger partial charge in [-0.1, -0.05) is 98.2 Å². The Morgan fingerprint density at radius 3 is 1.76 bits per heavy atom. The van der Waals surface area contributed by atoms with Crippen molar-refractivity contribution in [3.63, 3.8) is 0 Å². The molecule has 3 aromatic rings. The van der Waals surface area contributed by atoms with Crippen LogP contribution in [0.15, 0.2) is 78.9 Å². The van der Waals surface area contributed by atoms with Crippen LogP contribution in [0.3, 0.4) is 0 Å². The van der Waals surface area contributed by atoms with E-state index in [-0.39, 0.29) is 5.78 Å². The van der Waals surface area contributed by atoms with Crippen molar-refractivity contribution in [2.24, 2.45) is 0 Å². The summed E-state index contributed by atoms with van der Waals surface area (Å²) in [6, 6.07) is 25.1. The zero-order valence-corrected chi connectivity index (χ0v) is 17.5. The lowest BCUT2D eigenvalue weighted by Gasteiger charge is -2.39. The van der Waals surface area contributed by atoms with Crippen molar-refractivity contribution in [1.29, 1.82) is 0 Å². The van der Waals surface area contributed by atoms with Gasteiger partial charge in [0.2, 0.25) is 0 Å². The molecule has 29 heavy (non-hydrogen) atoms. The van der Waals surface area contributed by atoms with E-state index in [1.165, 1.54) is 0 Å². The monoisotopic (exact) mass is 379 g/mol. The molecule has 3 aromatic carbocycles. The molecule has 3 radical (unpaired) electrons.